The minimum absolute atomic E-state index is 0.174. The molecule has 1 amide bonds. The molecule has 2 N–H and O–H groups in total. The molecule has 1 aromatic carbocycles. The Labute approximate surface area is 140 Å². The van der Waals surface area contributed by atoms with Crippen LogP contribution in [0.5, 0.6) is 0 Å². The van der Waals surface area contributed by atoms with E-state index in [-0.39, 0.29) is 11.9 Å². The van der Waals surface area contributed by atoms with E-state index in [1.165, 1.54) is 0 Å². The minimum atomic E-state index is -0.613. The molecule has 3 aromatic rings. The zero-order valence-electron chi connectivity index (χ0n) is 13.7. The number of fused-ring (bicyclic) bond motifs is 1. The summed E-state index contributed by atoms with van der Waals surface area (Å²) >= 11 is 0. The van der Waals surface area contributed by atoms with Gasteiger partial charge in [-0.3, -0.25) is 4.79 Å². The predicted molar refractivity (Wildman–Crippen MR) is 91.5 cm³/mol. The number of hydrogen-bond donors (Lipinski definition) is 2. The molecule has 0 saturated carbocycles. The van der Waals surface area contributed by atoms with Gasteiger partial charge in [0.05, 0.1) is 18.0 Å². The topological polar surface area (TPSA) is 80.0 Å². The number of nitrogens with zero attached hydrogens (tertiary/aromatic N) is 3. The molecule has 6 heteroatoms. The molecule has 2 aromatic heterocycles. The summed E-state index contributed by atoms with van der Waals surface area (Å²) in [5, 5.41) is 13.1. The van der Waals surface area contributed by atoms with Crippen LogP contribution in [0.4, 0.5) is 0 Å². The summed E-state index contributed by atoms with van der Waals surface area (Å²) in [5.74, 6) is -0.220. The third-order valence-corrected chi connectivity index (χ3v) is 3.95. The molecule has 2 unspecified atom stereocenters. The van der Waals surface area contributed by atoms with Crippen molar-refractivity contribution in [2.75, 3.05) is 0 Å². The maximum Gasteiger partial charge on any atom is 0.253 e. The second-order valence-corrected chi connectivity index (χ2v) is 5.96. The van der Waals surface area contributed by atoms with E-state index in [4.69, 9.17) is 0 Å². The molecule has 0 bridgehead atoms. The van der Waals surface area contributed by atoms with Crippen molar-refractivity contribution in [1.82, 2.24) is 19.9 Å². The first-order chi connectivity index (χ1) is 11.5. The van der Waals surface area contributed by atoms with E-state index in [0.29, 0.717) is 17.5 Å². The summed E-state index contributed by atoms with van der Waals surface area (Å²) in [5.41, 5.74) is 2.72. The Morgan fingerprint density at radius 2 is 2.04 bits per heavy atom. The molecule has 3 rings (SSSR count). The van der Waals surface area contributed by atoms with Crippen molar-refractivity contribution in [2.24, 2.45) is 7.05 Å². The highest BCUT2D eigenvalue weighted by atomic mass is 16.3. The number of imidazole rings is 1. The van der Waals surface area contributed by atoms with Gasteiger partial charge in [0.1, 0.15) is 5.52 Å². The highest BCUT2D eigenvalue weighted by Crippen LogP contribution is 2.18. The van der Waals surface area contributed by atoms with Crippen molar-refractivity contribution < 1.29 is 9.90 Å². The summed E-state index contributed by atoms with van der Waals surface area (Å²) in [7, 11) is 1.86. The van der Waals surface area contributed by atoms with E-state index in [1.54, 1.807) is 23.2 Å². The molecule has 0 aliphatic heterocycles. The van der Waals surface area contributed by atoms with E-state index < -0.39 is 6.10 Å². The molecule has 0 saturated heterocycles. The van der Waals surface area contributed by atoms with Gasteiger partial charge in [0.15, 0.2) is 5.65 Å². The SMILES string of the molecule is CC(CC(O)c1ccccc1)NC(=O)c1cnc2c(c1)ncn2C. The molecule has 24 heavy (non-hydrogen) atoms. The Balaban J connectivity index is 1.64. The van der Waals surface area contributed by atoms with Crippen LogP contribution in [0, 0.1) is 0 Å². The number of rotatable bonds is 5. The third kappa shape index (κ3) is 3.44. The number of hydrogen-bond acceptors (Lipinski definition) is 4. The Morgan fingerprint density at radius 1 is 1.29 bits per heavy atom. The van der Waals surface area contributed by atoms with Gasteiger partial charge in [0.2, 0.25) is 0 Å². The van der Waals surface area contributed by atoms with E-state index in [9.17, 15) is 9.90 Å². The van der Waals surface area contributed by atoms with Crippen LogP contribution in [-0.2, 0) is 7.05 Å². The Kier molecular flexibility index (Phi) is 4.57. The average molecular weight is 324 g/mol. The lowest BCUT2D eigenvalue weighted by Crippen LogP contribution is -2.33. The number of carbonyl (C=O) groups is 1. The molecule has 0 aliphatic carbocycles. The first-order valence-corrected chi connectivity index (χ1v) is 7.85. The maximum atomic E-state index is 12.4. The second kappa shape index (κ2) is 6.80. The van der Waals surface area contributed by atoms with Crippen molar-refractivity contribution in [2.45, 2.75) is 25.5 Å². The summed E-state index contributed by atoms with van der Waals surface area (Å²) in [6.45, 7) is 1.87. The van der Waals surface area contributed by atoms with Crippen LogP contribution < -0.4 is 5.32 Å². The molecule has 6 nitrogen and oxygen atoms in total. The average Bonchev–Trinajstić information content (AvgIpc) is 2.96. The zero-order valence-corrected chi connectivity index (χ0v) is 13.7. The molecule has 124 valence electrons. The van der Waals surface area contributed by atoms with Gasteiger partial charge >= 0.3 is 0 Å². The lowest BCUT2D eigenvalue weighted by Gasteiger charge is -2.18. The number of aliphatic hydroxyl groups is 1. The smallest absolute Gasteiger partial charge is 0.253 e. The fourth-order valence-corrected chi connectivity index (χ4v) is 2.65. The number of carbonyl (C=O) groups excluding carboxylic acids is 1. The molecular weight excluding hydrogens is 304 g/mol. The summed E-state index contributed by atoms with van der Waals surface area (Å²) < 4.78 is 1.80. The number of amides is 1. The fourth-order valence-electron chi connectivity index (χ4n) is 2.65. The van der Waals surface area contributed by atoms with Gasteiger partial charge in [-0.15, -0.1) is 0 Å². The number of nitrogens with one attached hydrogen (secondary N) is 1. The number of aromatic nitrogens is 3. The van der Waals surface area contributed by atoms with Gasteiger partial charge in [-0.2, -0.15) is 0 Å². The summed E-state index contributed by atoms with van der Waals surface area (Å²) in [6, 6.07) is 11.0. The van der Waals surface area contributed by atoms with E-state index in [0.717, 1.165) is 11.2 Å². The van der Waals surface area contributed by atoms with Crippen molar-refractivity contribution >= 4 is 17.1 Å². The van der Waals surface area contributed by atoms with Crippen LogP contribution in [-0.4, -0.2) is 31.6 Å². The molecule has 0 aliphatic rings. The zero-order chi connectivity index (χ0) is 17.1. The Morgan fingerprint density at radius 3 is 2.79 bits per heavy atom. The van der Waals surface area contributed by atoms with Crippen LogP contribution >= 0.6 is 0 Å². The third-order valence-electron chi connectivity index (χ3n) is 3.95. The van der Waals surface area contributed by atoms with Gasteiger partial charge in [0, 0.05) is 19.3 Å². The van der Waals surface area contributed by atoms with Crippen LogP contribution in [0.15, 0.2) is 48.9 Å². The lowest BCUT2D eigenvalue weighted by atomic mass is 10.0. The van der Waals surface area contributed by atoms with Gasteiger partial charge in [-0.05, 0) is 25.0 Å². The largest absolute Gasteiger partial charge is 0.388 e. The number of aliphatic hydroxyl groups excluding tert-OH is 1. The first kappa shape index (κ1) is 16.1. The van der Waals surface area contributed by atoms with Crippen molar-refractivity contribution in [3.05, 3.63) is 60.0 Å². The Bertz CT molecular complexity index is 845. The van der Waals surface area contributed by atoms with Gasteiger partial charge in [-0.1, -0.05) is 30.3 Å². The molecular formula is C18H20N4O2. The Hall–Kier alpha value is -2.73. The van der Waals surface area contributed by atoms with Crippen LogP contribution in [0.2, 0.25) is 0 Å². The molecule has 2 heterocycles. The van der Waals surface area contributed by atoms with Crippen LogP contribution in [0.3, 0.4) is 0 Å². The van der Waals surface area contributed by atoms with Crippen molar-refractivity contribution in [1.29, 1.82) is 0 Å². The van der Waals surface area contributed by atoms with Crippen molar-refractivity contribution in [3.8, 4) is 0 Å². The van der Waals surface area contributed by atoms with Crippen LogP contribution in [0.1, 0.15) is 35.4 Å². The van der Waals surface area contributed by atoms with E-state index >= 15 is 0 Å². The van der Waals surface area contributed by atoms with E-state index in [1.807, 2.05) is 44.3 Å². The first-order valence-electron chi connectivity index (χ1n) is 7.85. The molecule has 0 spiro atoms. The monoisotopic (exact) mass is 324 g/mol. The fraction of sp³-hybridized carbons (Fsp3) is 0.278. The molecule has 0 fully saturated rings. The molecule has 2 atom stereocenters. The minimum Gasteiger partial charge on any atom is -0.388 e. The van der Waals surface area contributed by atoms with Crippen molar-refractivity contribution in [3.63, 3.8) is 0 Å². The van der Waals surface area contributed by atoms with Gasteiger partial charge in [-0.25, -0.2) is 9.97 Å². The van der Waals surface area contributed by atoms with Crippen LogP contribution in [0.25, 0.3) is 11.2 Å². The molecule has 0 radical (unpaired) electrons. The standard InChI is InChI=1S/C18H20N4O2/c1-12(8-16(23)13-6-4-3-5-7-13)21-18(24)14-9-15-17(19-10-14)22(2)11-20-15/h3-7,9-12,16,23H,8H2,1-2H3,(H,21,24). The lowest BCUT2D eigenvalue weighted by molar-refractivity contribution is 0.0916. The highest BCUT2D eigenvalue weighted by molar-refractivity contribution is 5.96. The quantitative estimate of drug-likeness (QED) is 0.754. The van der Waals surface area contributed by atoms with Gasteiger partial charge < -0.3 is 15.0 Å². The number of aryl methyl sites for hydroxylation is 1. The normalized spacial score (nSPS) is 13.6. The second-order valence-electron chi connectivity index (χ2n) is 5.96. The van der Waals surface area contributed by atoms with E-state index in [2.05, 4.69) is 15.3 Å². The summed E-state index contributed by atoms with van der Waals surface area (Å²) in [4.78, 5) is 20.8. The maximum absolute atomic E-state index is 12.4. The van der Waals surface area contributed by atoms with Gasteiger partial charge in [0.25, 0.3) is 5.91 Å². The highest BCUT2D eigenvalue weighted by Gasteiger charge is 2.16. The number of benzene rings is 1. The number of pyridine rings is 1. The summed E-state index contributed by atoms with van der Waals surface area (Å²) in [6.07, 6.45) is 3.03. The predicted octanol–water partition coefficient (Wildman–Crippen LogP) is 2.21.